The molecule has 120 valence electrons. The molecule has 2 aliphatic rings. The number of methoxy groups -OCH3 is 1. The molecule has 1 aromatic rings. The van der Waals surface area contributed by atoms with Gasteiger partial charge in [-0.25, -0.2) is 0 Å². The lowest BCUT2D eigenvalue weighted by atomic mass is 9.96. The fraction of sp³-hybridized carbons (Fsp3) is 0.588. The highest BCUT2D eigenvalue weighted by Gasteiger charge is 2.28. The molecule has 0 saturated carbocycles. The van der Waals surface area contributed by atoms with E-state index < -0.39 is 0 Å². The summed E-state index contributed by atoms with van der Waals surface area (Å²) in [7, 11) is 3.76. The Kier molecular flexibility index (Phi) is 4.52. The van der Waals surface area contributed by atoms with Gasteiger partial charge in [-0.1, -0.05) is 6.07 Å². The number of likely N-dealkylation sites (N-methyl/N-ethyl adjacent to an activating group) is 1. The first kappa shape index (κ1) is 15.2. The quantitative estimate of drug-likeness (QED) is 0.915. The van der Waals surface area contributed by atoms with E-state index in [1.165, 1.54) is 12.8 Å². The van der Waals surface area contributed by atoms with Crippen LogP contribution >= 0.6 is 0 Å². The molecule has 1 saturated heterocycles. The molecule has 0 bridgehead atoms. The largest absolute Gasteiger partial charge is 0.497 e. The van der Waals surface area contributed by atoms with Gasteiger partial charge in [0.05, 0.1) is 13.0 Å². The first-order valence-electron chi connectivity index (χ1n) is 7.95. The van der Waals surface area contributed by atoms with Gasteiger partial charge in [0, 0.05) is 18.7 Å². The van der Waals surface area contributed by atoms with Crippen LogP contribution in [0, 0.1) is 5.92 Å². The summed E-state index contributed by atoms with van der Waals surface area (Å²) >= 11 is 0. The number of carbonyl (C=O) groups excluding carboxylic acids is 1. The predicted molar refractivity (Wildman–Crippen MR) is 84.3 cm³/mol. The van der Waals surface area contributed by atoms with Crippen molar-refractivity contribution in [1.29, 1.82) is 0 Å². The van der Waals surface area contributed by atoms with E-state index in [4.69, 9.17) is 9.47 Å². The number of benzene rings is 1. The van der Waals surface area contributed by atoms with Crippen molar-refractivity contribution in [2.45, 2.75) is 25.3 Å². The van der Waals surface area contributed by atoms with E-state index in [2.05, 4.69) is 17.3 Å². The Hall–Kier alpha value is -1.75. The molecule has 1 amide bonds. The van der Waals surface area contributed by atoms with Gasteiger partial charge in [-0.2, -0.15) is 0 Å². The maximum absolute atomic E-state index is 12.4. The first-order valence-corrected chi connectivity index (χ1v) is 7.95. The Morgan fingerprint density at radius 2 is 2.36 bits per heavy atom. The van der Waals surface area contributed by atoms with Gasteiger partial charge >= 0.3 is 0 Å². The lowest BCUT2D eigenvalue weighted by Gasteiger charge is -2.26. The van der Waals surface area contributed by atoms with Crippen molar-refractivity contribution in [3.05, 3.63) is 23.8 Å². The number of hydrogen-bond donors (Lipinski definition) is 1. The SMILES string of the molecule is COc1ccc2c(c1)OC[C@H](C(=O)NC[C@@H]1CCCN1C)C2. The molecule has 5 heteroatoms. The maximum Gasteiger partial charge on any atom is 0.226 e. The van der Waals surface area contributed by atoms with Crippen LogP contribution in [0.3, 0.4) is 0 Å². The molecule has 0 aliphatic carbocycles. The molecule has 0 radical (unpaired) electrons. The number of hydrogen-bond acceptors (Lipinski definition) is 4. The molecule has 0 spiro atoms. The Morgan fingerprint density at radius 3 is 3.09 bits per heavy atom. The maximum atomic E-state index is 12.4. The first-order chi connectivity index (χ1) is 10.7. The van der Waals surface area contributed by atoms with E-state index in [0.717, 1.165) is 36.6 Å². The average molecular weight is 304 g/mol. The molecule has 1 fully saturated rings. The van der Waals surface area contributed by atoms with Gasteiger partial charge in [0.2, 0.25) is 5.91 Å². The highest BCUT2D eigenvalue weighted by atomic mass is 16.5. The molecule has 0 unspecified atom stereocenters. The van der Waals surface area contributed by atoms with Gasteiger partial charge in [0.1, 0.15) is 18.1 Å². The van der Waals surface area contributed by atoms with Crippen molar-refractivity contribution in [2.75, 3.05) is 33.9 Å². The minimum Gasteiger partial charge on any atom is -0.497 e. The fourth-order valence-corrected chi connectivity index (χ4v) is 3.25. The molecular formula is C17H24N2O3. The molecule has 1 aromatic carbocycles. The van der Waals surface area contributed by atoms with Crippen LogP contribution in [0.5, 0.6) is 11.5 Å². The number of fused-ring (bicyclic) bond motifs is 1. The Morgan fingerprint density at radius 1 is 1.50 bits per heavy atom. The highest BCUT2D eigenvalue weighted by molar-refractivity contribution is 5.79. The van der Waals surface area contributed by atoms with Crippen LogP contribution < -0.4 is 14.8 Å². The predicted octanol–water partition coefficient (Wildman–Crippen LogP) is 1.46. The van der Waals surface area contributed by atoms with E-state index in [9.17, 15) is 4.79 Å². The minimum atomic E-state index is -0.104. The van der Waals surface area contributed by atoms with Crippen molar-refractivity contribution < 1.29 is 14.3 Å². The monoisotopic (exact) mass is 304 g/mol. The zero-order valence-corrected chi connectivity index (χ0v) is 13.3. The van der Waals surface area contributed by atoms with Crippen LogP contribution in [0.4, 0.5) is 0 Å². The molecule has 1 N–H and O–H groups in total. The Balaban J connectivity index is 1.56. The summed E-state index contributed by atoms with van der Waals surface area (Å²) in [6, 6.07) is 6.26. The number of nitrogens with zero attached hydrogens (tertiary/aromatic N) is 1. The number of ether oxygens (including phenoxy) is 2. The number of carbonyl (C=O) groups is 1. The zero-order valence-electron chi connectivity index (χ0n) is 13.3. The summed E-state index contributed by atoms with van der Waals surface area (Å²) in [5.74, 6) is 1.61. The third-order valence-corrected chi connectivity index (χ3v) is 4.73. The second-order valence-electron chi connectivity index (χ2n) is 6.21. The topological polar surface area (TPSA) is 50.8 Å². The Bertz CT molecular complexity index is 547. The number of nitrogens with one attached hydrogen (secondary N) is 1. The van der Waals surface area contributed by atoms with Gasteiger partial charge < -0.3 is 19.7 Å². The summed E-state index contributed by atoms with van der Waals surface area (Å²) in [5, 5.41) is 3.09. The molecule has 2 aliphatic heterocycles. The van der Waals surface area contributed by atoms with Gasteiger partial charge in [-0.15, -0.1) is 0 Å². The van der Waals surface area contributed by atoms with Gasteiger partial charge in [0.25, 0.3) is 0 Å². The normalized spacial score (nSPS) is 24.5. The van der Waals surface area contributed by atoms with Crippen LogP contribution in [0.15, 0.2) is 18.2 Å². The van der Waals surface area contributed by atoms with Crippen LogP contribution in [-0.2, 0) is 11.2 Å². The summed E-state index contributed by atoms with van der Waals surface area (Å²) in [4.78, 5) is 14.7. The smallest absolute Gasteiger partial charge is 0.226 e. The second kappa shape index (κ2) is 6.57. The van der Waals surface area contributed by atoms with E-state index in [1.54, 1.807) is 7.11 Å². The molecule has 3 rings (SSSR count). The van der Waals surface area contributed by atoms with Crippen LogP contribution in [0.2, 0.25) is 0 Å². The van der Waals surface area contributed by atoms with Crippen molar-refractivity contribution in [3.8, 4) is 11.5 Å². The van der Waals surface area contributed by atoms with E-state index in [0.29, 0.717) is 12.6 Å². The molecule has 2 atom stereocenters. The average Bonchev–Trinajstić information content (AvgIpc) is 2.96. The third-order valence-electron chi connectivity index (χ3n) is 4.73. The minimum absolute atomic E-state index is 0.0989. The van der Waals surface area contributed by atoms with E-state index in [-0.39, 0.29) is 11.8 Å². The van der Waals surface area contributed by atoms with Crippen molar-refractivity contribution in [2.24, 2.45) is 5.92 Å². The van der Waals surface area contributed by atoms with Gasteiger partial charge in [-0.3, -0.25) is 4.79 Å². The second-order valence-corrected chi connectivity index (χ2v) is 6.21. The van der Waals surface area contributed by atoms with Crippen molar-refractivity contribution in [1.82, 2.24) is 10.2 Å². The van der Waals surface area contributed by atoms with E-state index in [1.807, 2.05) is 18.2 Å². The molecule has 0 aromatic heterocycles. The summed E-state index contributed by atoms with van der Waals surface area (Å²) in [5.41, 5.74) is 1.07. The zero-order chi connectivity index (χ0) is 15.5. The Labute approximate surface area is 131 Å². The van der Waals surface area contributed by atoms with Crippen LogP contribution in [0.25, 0.3) is 0 Å². The lowest BCUT2D eigenvalue weighted by Crippen LogP contribution is -2.43. The third kappa shape index (κ3) is 3.19. The standard InChI is InChI=1S/C17H24N2O3/c1-19-7-3-4-14(19)10-18-17(20)13-8-12-5-6-15(21-2)9-16(12)22-11-13/h5-6,9,13-14H,3-4,7-8,10-11H2,1-2H3,(H,18,20)/t13-,14+/m1/s1. The number of likely N-dealkylation sites (tertiary alicyclic amines) is 1. The summed E-state index contributed by atoms with van der Waals surface area (Å²) in [6.45, 7) is 2.30. The highest BCUT2D eigenvalue weighted by Crippen LogP contribution is 2.31. The van der Waals surface area contributed by atoms with Gasteiger partial charge in [0.15, 0.2) is 0 Å². The van der Waals surface area contributed by atoms with Gasteiger partial charge in [-0.05, 0) is 44.5 Å². The molecule has 22 heavy (non-hydrogen) atoms. The van der Waals surface area contributed by atoms with Crippen LogP contribution in [0.1, 0.15) is 18.4 Å². The summed E-state index contributed by atoms with van der Waals surface area (Å²) in [6.07, 6.45) is 3.12. The fourth-order valence-electron chi connectivity index (χ4n) is 3.25. The van der Waals surface area contributed by atoms with Crippen molar-refractivity contribution >= 4 is 5.91 Å². The lowest BCUT2D eigenvalue weighted by molar-refractivity contribution is -0.126. The number of rotatable bonds is 4. The van der Waals surface area contributed by atoms with Crippen molar-refractivity contribution in [3.63, 3.8) is 0 Å². The molecule has 5 nitrogen and oxygen atoms in total. The summed E-state index contributed by atoms with van der Waals surface area (Å²) < 4.78 is 10.9. The van der Waals surface area contributed by atoms with E-state index >= 15 is 0 Å². The number of amides is 1. The molecule has 2 heterocycles. The molecular weight excluding hydrogens is 280 g/mol. The van der Waals surface area contributed by atoms with Crippen LogP contribution in [-0.4, -0.2) is 50.7 Å².